The molecule has 0 aliphatic heterocycles. The Hall–Kier alpha value is -3.25. The number of pyridine rings is 1. The number of anilines is 1. The van der Waals surface area contributed by atoms with Gasteiger partial charge in [0.2, 0.25) is 0 Å². The molecule has 0 radical (unpaired) electrons. The SMILES string of the molecule is O=C(NCc1cccnc1)c1ccc(C(=O)Nc2ccc(F)c(Cl)c2)cc1. The van der Waals surface area contributed by atoms with Crippen LogP contribution < -0.4 is 10.6 Å². The molecule has 5 nitrogen and oxygen atoms in total. The molecule has 0 fully saturated rings. The van der Waals surface area contributed by atoms with E-state index in [1.807, 2.05) is 6.07 Å². The monoisotopic (exact) mass is 383 g/mol. The first-order valence-electron chi connectivity index (χ1n) is 8.06. The number of hydrogen-bond acceptors (Lipinski definition) is 3. The van der Waals surface area contributed by atoms with Crippen molar-refractivity contribution in [1.29, 1.82) is 0 Å². The summed E-state index contributed by atoms with van der Waals surface area (Å²) < 4.78 is 13.2. The molecule has 0 bridgehead atoms. The van der Waals surface area contributed by atoms with Crippen molar-refractivity contribution in [2.75, 3.05) is 5.32 Å². The second kappa shape index (κ2) is 8.42. The zero-order valence-corrected chi connectivity index (χ0v) is 14.8. The highest BCUT2D eigenvalue weighted by Crippen LogP contribution is 2.20. The van der Waals surface area contributed by atoms with E-state index in [4.69, 9.17) is 11.6 Å². The number of nitrogens with zero attached hydrogens (tertiary/aromatic N) is 1. The molecule has 3 aromatic rings. The molecule has 0 aliphatic rings. The third-order valence-electron chi connectivity index (χ3n) is 3.76. The molecule has 136 valence electrons. The highest BCUT2D eigenvalue weighted by atomic mass is 35.5. The first kappa shape index (κ1) is 18.5. The molecule has 7 heteroatoms. The summed E-state index contributed by atoms with van der Waals surface area (Å²) in [6.45, 7) is 0.361. The molecule has 2 aromatic carbocycles. The van der Waals surface area contributed by atoms with Gasteiger partial charge >= 0.3 is 0 Å². The Balaban J connectivity index is 1.61. The number of nitrogens with one attached hydrogen (secondary N) is 2. The highest BCUT2D eigenvalue weighted by molar-refractivity contribution is 6.31. The maximum atomic E-state index is 13.2. The van der Waals surface area contributed by atoms with E-state index in [1.54, 1.807) is 42.7 Å². The molecule has 0 atom stereocenters. The summed E-state index contributed by atoms with van der Waals surface area (Å²) >= 11 is 5.70. The van der Waals surface area contributed by atoms with E-state index in [-0.39, 0.29) is 16.8 Å². The predicted octanol–water partition coefficient (Wildman–Crippen LogP) is 4.06. The van der Waals surface area contributed by atoms with Gasteiger partial charge in [0.15, 0.2) is 0 Å². The smallest absolute Gasteiger partial charge is 0.255 e. The fourth-order valence-corrected chi connectivity index (χ4v) is 2.52. The lowest BCUT2D eigenvalue weighted by molar-refractivity contribution is 0.0949. The van der Waals surface area contributed by atoms with Crippen LogP contribution in [0.4, 0.5) is 10.1 Å². The van der Waals surface area contributed by atoms with Gasteiger partial charge in [-0.3, -0.25) is 14.6 Å². The third-order valence-corrected chi connectivity index (χ3v) is 4.05. The Morgan fingerprint density at radius 3 is 2.33 bits per heavy atom. The fraction of sp³-hybridized carbons (Fsp3) is 0.0500. The third kappa shape index (κ3) is 4.89. The topological polar surface area (TPSA) is 71.1 Å². The normalized spacial score (nSPS) is 10.3. The number of hydrogen-bond donors (Lipinski definition) is 2. The lowest BCUT2D eigenvalue weighted by Gasteiger charge is -2.08. The first-order chi connectivity index (χ1) is 13.0. The molecule has 0 unspecified atom stereocenters. The number of carbonyl (C=O) groups excluding carboxylic acids is 2. The van der Waals surface area contributed by atoms with Gasteiger partial charge < -0.3 is 10.6 Å². The van der Waals surface area contributed by atoms with Crippen LogP contribution in [-0.4, -0.2) is 16.8 Å². The molecule has 2 amide bonds. The highest BCUT2D eigenvalue weighted by Gasteiger charge is 2.10. The van der Waals surface area contributed by atoms with Crippen LogP contribution in [0.15, 0.2) is 67.0 Å². The number of amides is 2. The van der Waals surface area contributed by atoms with E-state index < -0.39 is 5.82 Å². The second-order valence-electron chi connectivity index (χ2n) is 5.70. The Kier molecular flexibility index (Phi) is 5.78. The Bertz CT molecular complexity index is 963. The number of aromatic nitrogens is 1. The molecular formula is C20H15ClFN3O2. The van der Waals surface area contributed by atoms with Crippen molar-refractivity contribution < 1.29 is 14.0 Å². The van der Waals surface area contributed by atoms with Gasteiger partial charge in [0.05, 0.1) is 5.02 Å². The largest absolute Gasteiger partial charge is 0.348 e. The fourth-order valence-electron chi connectivity index (χ4n) is 2.34. The van der Waals surface area contributed by atoms with Crippen molar-refractivity contribution in [3.05, 3.63) is 94.5 Å². The van der Waals surface area contributed by atoms with Crippen LogP contribution in [0.2, 0.25) is 5.02 Å². The first-order valence-corrected chi connectivity index (χ1v) is 8.44. The van der Waals surface area contributed by atoms with Crippen molar-refractivity contribution in [3.8, 4) is 0 Å². The maximum absolute atomic E-state index is 13.2. The molecular weight excluding hydrogens is 369 g/mol. The zero-order valence-electron chi connectivity index (χ0n) is 14.1. The quantitative estimate of drug-likeness (QED) is 0.698. The Labute approximate surface area is 160 Å². The molecule has 0 saturated carbocycles. The van der Waals surface area contributed by atoms with E-state index in [0.717, 1.165) is 5.56 Å². The van der Waals surface area contributed by atoms with Crippen LogP contribution in [-0.2, 0) is 6.54 Å². The zero-order chi connectivity index (χ0) is 19.2. The minimum atomic E-state index is -0.559. The molecule has 0 aliphatic carbocycles. The average Bonchev–Trinajstić information content (AvgIpc) is 2.70. The average molecular weight is 384 g/mol. The number of carbonyl (C=O) groups is 2. The van der Waals surface area contributed by atoms with E-state index in [9.17, 15) is 14.0 Å². The summed E-state index contributed by atoms with van der Waals surface area (Å²) in [5, 5.41) is 5.33. The van der Waals surface area contributed by atoms with E-state index >= 15 is 0 Å². The molecule has 0 spiro atoms. The van der Waals surface area contributed by atoms with E-state index in [0.29, 0.717) is 23.4 Å². The second-order valence-corrected chi connectivity index (χ2v) is 6.11. The standard InChI is InChI=1S/C20H15ClFN3O2/c21-17-10-16(7-8-18(17)22)25-20(27)15-5-3-14(4-6-15)19(26)24-12-13-2-1-9-23-11-13/h1-11H,12H2,(H,24,26)(H,25,27). The number of halogens is 2. The Morgan fingerprint density at radius 1 is 1.00 bits per heavy atom. The summed E-state index contributed by atoms with van der Waals surface area (Å²) in [5.74, 6) is -1.20. The van der Waals surface area contributed by atoms with E-state index in [1.165, 1.54) is 18.2 Å². The minimum Gasteiger partial charge on any atom is -0.348 e. The van der Waals surface area contributed by atoms with Crippen molar-refractivity contribution in [3.63, 3.8) is 0 Å². The lowest BCUT2D eigenvalue weighted by atomic mass is 10.1. The predicted molar refractivity (Wildman–Crippen MR) is 101 cm³/mol. The van der Waals surface area contributed by atoms with Crippen molar-refractivity contribution >= 4 is 29.1 Å². The van der Waals surface area contributed by atoms with Gasteiger partial charge in [0, 0.05) is 35.8 Å². The summed E-state index contributed by atoms with van der Waals surface area (Å²) in [5.41, 5.74) is 2.06. The Morgan fingerprint density at radius 2 is 1.70 bits per heavy atom. The van der Waals surface area contributed by atoms with E-state index in [2.05, 4.69) is 15.6 Å². The molecule has 1 aromatic heterocycles. The van der Waals surface area contributed by atoms with Gasteiger partial charge in [0.25, 0.3) is 11.8 Å². The van der Waals surface area contributed by atoms with Gasteiger partial charge in [-0.15, -0.1) is 0 Å². The van der Waals surface area contributed by atoms with Gasteiger partial charge in [-0.25, -0.2) is 4.39 Å². The van der Waals surface area contributed by atoms with Crippen LogP contribution >= 0.6 is 11.6 Å². The van der Waals surface area contributed by atoms with Crippen molar-refractivity contribution in [2.24, 2.45) is 0 Å². The number of rotatable bonds is 5. The van der Waals surface area contributed by atoms with Gasteiger partial charge in [0.1, 0.15) is 5.82 Å². The van der Waals surface area contributed by atoms with Gasteiger partial charge in [-0.1, -0.05) is 17.7 Å². The van der Waals surface area contributed by atoms with Crippen LogP contribution in [0.1, 0.15) is 26.3 Å². The van der Waals surface area contributed by atoms with Crippen molar-refractivity contribution in [1.82, 2.24) is 10.3 Å². The van der Waals surface area contributed by atoms with Crippen molar-refractivity contribution in [2.45, 2.75) is 6.54 Å². The molecule has 1 heterocycles. The minimum absolute atomic E-state index is 0.0755. The summed E-state index contributed by atoms with van der Waals surface area (Å²) in [4.78, 5) is 28.4. The summed E-state index contributed by atoms with van der Waals surface area (Å²) in [6, 6.07) is 13.8. The summed E-state index contributed by atoms with van der Waals surface area (Å²) in [7, 11) is 0. The summed E-state index contributed by atoms with van der Waals surface area (Å²) in [6.07, 6.45) is 3.34. The van der Waals surface area contributed by atoms with Gasteiger partial charge in [-0.05, 0) is 54.1 Å². The molecule has 3 rings (SSSR count). The van der Waals surface area contributed by atoms with Crippen LogP contribution in [0.5, 0.6) is 0 Å². The molecule has 0 saturated heterocycles. The molecule has 27 heavy (non-hydrogen) atoms. The molecule has 2 N–H and O–H groups in total. The van der Waals surface area contributed by atoms with Crippen LogP contribution in [0.3, 0.4) is 0 Å². The van der Waals surface area contributed by atoms with Crippen LogP contribution in [0.25, 0.3) is 0 Å². The maximum Gasteiger partial charge on any atom is 0.255 e. The van der Waals surface area contributed by atoms with Crippen LogP contribution in [0, 0.1) is 5.82 Å². The van der Waals surface area contributed by atoms with Gasteiger partial charge in [-0.2, -0.15) is 0 Å². The lowest BCUT2D eigenvalue weighted by Crippen LogP contribution is -2.23. The number of benzene rings is 2.